The van der Waals surface area contributed by atoms with E-state index in [0.29, 0.717) is 0 Å². The van der Waals surface area contributed by atoms with E-state index in [2.05, 4.69) is 16.7 Å². The van der Waals surface area contributed by atoms with Crippen LogP contribution in [0.3, 0.4) is 0 Å². The second-order valence-corrected chi connectivity index (χ2v) is 6.19. The second kappa shape index (κ2) is 7.40. The number of fused-ring (bicyclic) bond motifs is 1. The Balaban J connectivity index is 1.92. The van der Waals surface area contributed by atoms with Crippen molar-refractivity contribution >= 4 is 17.5 Å². The number of benzene rings is 1. The van der Waals surface area contributed by atoms with E-state index in [9.17, 15) is 9.59 Å². The molecule has 4 N–H and O–H groups in total. The van der Waals surface area contributed by atoms with E-state index in [-0.39, 0.29) is 24.3 Å². The SMILES string of the molecule is CC(C)[C@H](N)C(=O)NCC(=O)Nc1cccc2c1CCCC2. The number of hydrogen-bond donors (Lipinski definition) is 3. The van der Waals surface area contributed by atoms with Gasteiger partial charge in [0.2, 0.25) is 11.8 Å². The van der Waals surface area contributed by atoms with Crippen LogP contribution < -0.4 is 16.4 Å². The first-order valence-corrected chi connectivity index (χ1v) is 7.93. The Morgan fingerprint density at radius 3 is 2.68 bits per heavy atom. The summed E-state index contributed by atoms with van der Waals surface area (Å²) in [5.74, 6) is -0.465. The molecule has 1 aromatic carbocycles. The molecule has 0 aliphatic heterocycles. The third kappa shape index (κ3) is 4.07. The zero-order valence-electron chi connectivity index (χ0n) is 13.3. The van der Waals surface area contributed by atoms with Gasteiger partial charge in [0, 0.05) is 5.69 Å². The first kappa shape index (κ1) is 16.5. The highest BCUT2D eigenvalue weighted by Crippen LogP contribution is 2.27. The van der Waals surface area contributed by atoms with Gasteiger partial charge in [-0.25, -0.2) is 0 Å². The molecule has 0 radical (unpaired) electrons. The largest absolute Gasteiger partial charge is 0.346 e. The molecular formula is C17H25N3O2. The molecule has 0 spiro atoms. The predicted molar refractivity (Wildman–Crippen MR) is 87.5 cm³/mol. The standard InChI is InChI=1S/C17H25N3O2/c1-11(2)16(18)17(22)19-10-15(21)20-14-9-5-7-12-6-3-4-8-13(12)14/h5,7,9,11,16H,3-4,6,8,10,18H2,1-2H3,(H,19,22)(H,20,21)/t16-/m0/s1. The van der Waals surface area contributed by atoms with Gasteiger partial charge in [0.15, 0.2) is 0 Å². The van der Waals surface area contributed by atoms with Crippen molar-refractivity contribution in [2.75, 3.05) is 11.9 Å². The highest BCUT2D eigenvalue weighted by molar-refractivity contribution is 5.96. The molecule has 120 valence electrons. The Morgan fingerprint density at radius 1 is 1.23 bits per heavy atom. The van der Waals surface area contributed by atoms with Crippen molar-refractivity contribution in [1.29, 1.82) is 0 Å². The molecule has 0 bridgehead atoms. The van der Waals surface area contributed by atoms with Crippen molar-refractivity contribution in [3.8, 4) is 0 Å². The normalized spacial score (nSPS) is 15.1. The molecule has 0 fully saturated rings. The molecule has 0 saturated heterocycles. The molecule has 1 atom stereocenters. The number of nitrogens with two attached hydrogens (primary N) is 1. The van der Waals surface area contributed by atoms with Gasteiger partial charge in [0.1, 0.15) is 0 Å². The van der Waals surface area contributed by atoms with Crippen LogP contribution in [0.25, 0.3) is 0 Å². The molecule has 0 saturated carbocycles. The number of amides is 2. The summed E-state index contributed by atoms with van der Waals surface area (Å²) in [7, 11) is 0. The van der Waals surface area contributed by atoms with Crippen molar-refractivity contribution in [2.24, 2.45) is 11.7 Å². The second-order valence-electron chi connectivity index (χ2n) is 6.19. The van der Waals surface area contributed by atoms with E-state index in [1.807, 2.05) is 26.0 Å². The Kier molecular flexibility index (Phi) is 5.55. The minimum absolute atomic E-state index is 0.0456. The van der Waals surface area contributed by atoms with Crippen molar-refractivity contribution < 1.29 is 9.59 Å². The van der Waals surface area contributed by atoms with Crippen LogP contribution in [0.15, 0.2) is 18.2 Å². The van der Waals surface area contributed by atoms with Gasteiger partial charge in [0.25, 0.3) is 0 Å². The lowest BCUT2D eigenvalue weighted by Crippen LogP contribution is -2.46. The molecular weight excluding hydrogens is 278 g/mol. The molecule has 1 aliphatic carbocycles. The number of nitrogens with one attached hydrogen (secondary N) is 2. The predicted octanol–water partition coefficient (Wildman–Crippen LogP) is 1.60. The van der Waals surface area contributed by atoms with Crippen LogP contribution in [0.1, 0.15) is 37.8 Å². The number of carbonyl (C=O) groups is 2. The van der Waals surface area contributed by atoms with Crippen LogP contribution in [0.2, 0.25) is 0 Å². The van der Waals surface area contributed by atoms with Gasteiger partial charge in [-0.2, -0.15) is 0 Å². The van der Waals surface area contributed by atoms with E-state index in [1.54, 1.807) is 0 Å². The van der Waals surface area contributed by atoms with E-state index >= 15 is 0 Å². The van der Waals surface area contributed by atoms with Crippen LogP contribution in [-0.2, 0) is 22.4 Å². The fourth-order valence-corrected chi connectivity index (χ4v) is 2.68. The monoisotopic (exact) mass is 303 g/mol. The topological polar surface area (TPSA) is 84.2 Å². The fourth-order valence-electron chi connectivity index (χ4n) is 2.68. The lowest BCUT2D eigenvalue weighted by atomic mass is 9.90. The molecule has 22 heavy (non-hydrogen) atoms. The van der Waals surface area contributed by atoms with E-state index in [0.717, 1.165) is 24.9 Å². The number of hydrogen-bond acceptors (Lipinski definition) is 3. The number of rotatable bonds is 5. The van der Waals surface area contributed by atoms with Crippen LogP contribution in [0.5, 0.6) is 0 Å². The fraction of sp³-hybridized carbons (Fsp3) is 0.529. The summed E-state index contributed by atoms with van der Waals surface area (Å²) in [6, 6.07) is 5.42. The van der Waals surface area contributed by atoms with Gasteiger partial charge < -0.3 is 16.4 Å². The molecule has 5 nitrogen and oxygen atoms in total. The Bertz CT molecular complexity index is 555. The average molecular weight is 303 g/mol. The zero-order chi connectivity index (χ0) is 16.1. The number of aryl methyl sites for hydroxylation is 1. The zero-order valence-corrected chi connectivity index (χ0v) is 13.3. The van der Waals surface area contributed by atoms with Gasteiger partial charge in [-0.1, -0.05) is 26.0 Å². The summed E-state index contributed by atoms with van der Waals surface area (Å²) < 4.78 is 0. The molecule has 2 rings (SSSR count). The van der Waals surface area contributed by atoms with Crippen molar-refractivity contribution in [1.82, 2.24) is 5.32 Å². The summed E-state index contributed by atoms with van der Waals surface area (Å²) in [5, 5.41) is 5.49. The summed E-state index contributed by atoms with van der Waals surface area (Å²) in [5.41, 5.74) is 9.16. The van der Waals surface area contributed by atoms with Crippen LogP contribution in [-0.4, -0.2) is 24.4 Å². The highest BCUT2D eigenvalue weighted by atomic mass is 16.2. The number of anilines is 1. The molecule has 0 unspecified atom stereocenters. The molecule has 0 aromatic heterocycles. The lowest BCUT2D eigenvalue weighted by molar-refractivity contribution is -0.125. The van der Waals surface area contributed by atoms with Gasteiger partial charge in [0.05, 0.1) is 12.6 Å². The summed E-state index contributed by atoms with van der Waals surface area (Å²) in [6.45, 7) is 3.70. The molecule has 5 heteroatoms. The molecule has 0 heterocycles. The van der Waals surface area contributed by atoms with E-state index in [4.69, 9.17) is 5.73 Å². The van der Waals surface area contributed by atoms with Gasteiger partial charge in [-0.3, -0.25) is 9.59 Å². The van der Waals surface area contributed by atoms with Crippen LogP contribution in [0, 0.1) is 5.92 Å². The van der Waals surface area contributed by atoms with Crippen molar-refractivity contribution in [3.63, 3.8) is 0 Å². The first-order valence-electron chi connectivity index (χ1n) is 7.93. The highest BCUT2D eigenvalue weighted by Gasteiger charge is 2.18. The molecule has 1 aromatic rings. The Labute approximate surface area is 131 Å². The summed E-state index contributed by atoms with van der Waals surface area (Å²) in [6.07, 6.45) is 4.42. The summed E-state index contributed by atoms with van der Waals surface area (Å²) >= 11 is 0. The van der Waals surface area contributed by atoms with E-state index in [1.165, 1.54) is 17.5 Å². The lowest BCUT2D eigenvalue weighted by Gasteiger charge is -2.20. The third-order valence-electron chi connectivity index (χ3n) is 4.11. The average Bonchev–Trinajstić information content (AvgIpc) is 2.52. The quantitative estimate of drug-likeness (QED) is 0.772. The maximum atomic E-state index is 12.0. The van der Waals surface area contributed by atoms with Crippen LogP contribution >= 0.6 is 0 Å². The minimum atomic E-state index is -0.586. The van der Waals surface area contributed by atoms with Gasteiger partial charge in [-0.05, 0) is 48.8 Å². The third-order valence-corrected chi connectivity index (χ3v) is 4.11. The van der Waals surface area contributed by atoms with E-state index < -0.39 is 6.04 Å². The maximum absolute atomic E-state index is 12.0. The minimum Gasteiger partial charge on any atom is -0.346 e. The maximum Gasteiger partial charge on any atom is 0.243 e. The van der Waals surface area contributed by atoms with Gasteiger partial charge >= 0.3 is 0 Å². The Morgan fingerprint density at radius 2 is 1.95 bits per heavy atom. The smallest absolute Gasteiger partial charge is 0.243 e. The van der Waals surface area contributed by atoms with Crippen molar-refractivity contribution in [2.45, 2.75) is 45.6 Å². The van der Waals surface area contributed by atoms with Crippen molar-refractivity contribution in [3.05, 3.63) is 29.3 Å². The number of carbonyl (C=O) groups excluding carboxylic acids is 2. The summed E-state index contributed by atoms with van der Waals surface area (Å²) in [4.78, 5) is 23.8. The molecule has 2 amide bonds. The van der Waals surface area contributed by atoms with Crippen LogP contribution in [0.4, 0.5) is 5.69 Å². The van der Waals surface area contributed by atoms with Gasteiger partial charge in [-0.15, -0.1) is 0 Å². The molecule has 1 aliphatic rings. The Hall–Kier alpha value is -1.88. The first-order chi connectivity index (χ1) is 10.5.